The average molecular weight is 471 g/mol. The summed E-state index contributed by atoms with van der Waals surface area (Å²) in [7, 11) is -11.9. The highest BCUT2D eigenvalue weighted by atomic mass is 28.5. The monoisotopic (exact) mass is 470 g/mol. The van der Waals surface area contributed by atoms with Gasteiger partial charge in [-0.05, 0) is 24.1 Å². The van der Waals surface area contributed by atoms with Crippen LogP contribution in [0, 0.1) is 0 Å². The van der Waals surface area contributed by atoms with Gasteiger partial charge in [-0.15, -0.1) is 0 Å². The van der Waals surface area contributed by atoms with E-state index in [1.165, 1.54) is 0 Å². The second-order valence-electron chi connectivity index (χ2n) is 7.56. The van der Waals surface area contributed by atoms with Crippen molar-refractivity contribution in [3.8, 4) is 0 Å². The van der Waals surface area contributed by atoms with Crippen LogP contribution in [-0.2, 0) is 12.7 Å². The molecule has 1 aliphatic rings. The van der Waals surface area contributed by atoms with E-state index in [2.05, 4.69) is 0 Å². The Labute approximate surface area is 185 Å². The van der Waals surface area contributed by atoms with Gasteiger partial charge in [-0.2, -0.15) is 0 Å². The van der Waals surface area contributed by atoms with E-state index in [-0.39, 0.29) is 6.61 Å². The molecule has 0 bridgehead atoms. The predicted octanol–water partition coefficient (Wildman–Crippen LogP) is 0.848. The minimum Gasteiger partial charge on any atom is -0.408 e. The normalized spacial score (nSPS) is 29.9. The standard InChI is InChI=1S/C22H26O6Si3/c23-29(20-12-4-1-5-13-20)19-11-10-18-26-30(24,21-14-6-2-7-15-21)28-31(25,27-29)22-16-8-3-9-17-22/h1-9,12-17,23-25H,10-11,18-19H2. The zero-order valence-electron chi connectivity index (χ0n) is 17.1. The second kappa shape index (κ2) is 9.28. The van der Waals surface area contributed by atoms with Crippen LogP contribution in [0.15, 0.2) is 91.0 Å². The van der Waals surface area contributed by atoms with Crippen LogP contribution in [0.4, 0.5) is 0 Å². The first-order chi connectivity index (χ1) is 14.9. The van der Waals surface area contributed by atoms with E-state index < -0.39 is 26.2 Å². The van der Waals surface area contributed by atoms with E-state index in [9.17, 15) is 14.4 Å². The molecular formula is C22H26O6Si3. The van der Waals surface area contributed by atoms with Crippen molar-refractivity contribution in [3.05, 3.63) is 91.0 Å². The summed E-state index contributed by atoms with van der Waals surface area (Å²) >= 11 is 0. The molecule has 3 atom stereocenters. The molecule has 3 aromatic carbocycles. The van der Waals surface area contributed by atoms with Gasteiger partial charge in [0.1, 0.15) is 0 Å². The zero-order valence-corrected chi connectivity index (χ0v) is 20.1. The molecule has 4 rings (SSSR count). The molecule has 1 heterocycles. The van der Waals surface area contributed by atoms with Gasteiger partial charge in [0.25, 0.3) is 0 Å². The molecule has 31 heavy (non-hydrogen) atoms. The van der Waals surface area contributed by atoms with Gasteiger partial charge in [0.15, 0.2) is 0 Å². The molecule has 0 spiro atoms. The largest absolute Gasteiger partial charge is 0.527 e. The minimum atomic E-state index is -4.29. The van der Waals surface area contributed by atoms with Gasteiger partial charge in [0.05, 0.1) is 0 Å². The maximum Gasteiger partial charge on any atom is 0.527 e. The van der Waals surface area contributed by atoms with Crippen molar-refractivity contribution in [1.29, 1.82) is 0 Å². The Kier molecular flexibility index (Phi) is 6.67. The topological polar surface area (TPSA) is 88.4 Å². The third kappa shape index (κ3) is 4.95. The summed E-state index contributed by atoms with van der Waals surface area (Å²) in [4.78, 5) is 35.1. The smallest absolute Gasteiger partial charge is 0.408 e. The molecule has 1 saturated heterocycles. The Balaban J connectivity index is 1.81. The highest BCUT2D eigenvalue weighted by molar-refractivity contribution is 6.94. The van der Waals surface area contributed by atoms with Crippen LogP contribution in [0.1, 0.15) is 12.8 Å². The van der Waals surface area contributed by atoms with Crippen molar-refractivity contribution in [2.24, 2.45) is 0 Å². The highest BCUT2D eigenvalue weighted by Gasteiger charge is 2.57. The van der Waals surface area contributed by atoms with Crippen molar-refractivity contribution >= 4 is 41.7 Å². The van der Waals surface area contributed by atoms with E-state index in [0.717, 1.165) is 0 Å². The van der Waals surface area contributed by atoms with Gasteiger partial charge in [0, 0.05) is 17.0 Å². The number of hydrogen-bond donors (Lipinski definition) is 3. The first-order valence-electron chi connectivity index (χ1n) is 10.3. The lowest BCUT2D eigenvalue weighted by Crippen LogP contribution is -2.72. The Morgan fingerprint density at radius 3 is 1.58 bits per heavy atom. The molecule has 0 amide bonds. The molecule has 3 aromatic rings. The summed E-state index contributed by atoms with van der Waals surface area (Å²) in [5, 5.41) is 1.54. The average Bonchev–Trinajstić information content (AvgIpc) is 2.80. The maximum atomic E-state index is 11.8. The Morgan fingerprint density at radius 1 is 0.548 bits per heavy atom. The van der Waals surface area contributed by atoms with Crippen LogP contribution in [0.25, 0.3) is 0 Å². The molecule has 9 heteroatoms. The van der Waals surface area contributed by atoms with Crippen LogP contribution >= 0.6 is 0 Å². The first kappa shape index (κ1) is 22.3. The summed E-state index contributed by atoms with van der Waals surface area (Å²) in [6.07, 6.45) is 1.26. The summed E-state index contributed by atoms with van der Waals surface area (Å²) < 4.78 is 18.2. The first-order valence-corrected chi connectivity index (χ1v) is 15.9. The van der Waals surface area contributed by atoms with E-state index in [4.69, 9.17) is 12.7 Å². The maximum absolute atomic E-state index is 11.8. The second-order valence-corrected chi connectivity index (χ2v) is 15.6. The van der Waals surface area contributed by atoms with Gasteiger partial charge >= 0.3 is 26.2 Å². The van der Waals surface area contributed by atoms with Gasteiger partial charge in [-0.1, -0.05) is 91.0 Å². The molecule has 3 unspecified atom stereocenters. The lowest BCUT2D eigenvalue weighted by atomic mass is 10.4. The summed E-state index contributed by atoms with van der Waals surface area (Å²) in [5.74, 6) is 0. The molecule has 1 fully saturated rings. The van der Waals surface area contributed by atoms with Crippen molar-refractivity contribution in [1.82, 2.24) is 0 Å². The zero-order chi connectivity index (χ0) is 21.8. The van der Waals surface area contributed by atoms with E-state index in [1.807, 2.05) is 42.5 Å². The van der Waals surface area contributed by atoms with Crippen LogP contribution < -0.4 is 15.6 Å². The number of hydrogen-bond acceptors (Lipinski definition) is 6. The summed E-state index contributed by atoms with van der Waals surface area (Å²) in [6.45, 7) is 0.260. The van der Waals surface area contributed by atoms with Gasteiger partial charge < -0.3 is 27.0 Å². The molecule has 0 saturated carbocycles. The molecular weight excluding hydrogens is 444 g/mol. The minimum absolute atomic E-state index is 0.260. The third-order valence-electron chi connectivity index (χ3n) is 5.29. The Bertz CT molecular complexity index is 921. The molecule has 0 aromatic heterocycles. The lowest BCUT2D eigenvalue weighted by molar-refractivity contribution is 0.123. The number of rotatable bonds is 3. The Morgan fingerprint density at radius 2 is 1.03 bits per heavy atom. The molecule has 3 N–H and O–H groups in total. The fourth-order valence-electron chi connectivity index (χ4n) is 3.65. The number of benzene rings is 3. The van der Waals surface area contributed by atoms with Gasteiger partial charge in [-0.3, -0.25) is 0 Å². The van der Waals surface area contributed by atoms with Crippen LogP contribution in [0.2, 0.25) is 6.04 Å². The third-order valence-corrected chi connectivity index (χ3v) is 15.0. The fraction of sp³-hybridized carbons (Fsp3) is 0.182. The van der Waals surface area contributed by atoms with Crippen LogP contribution in [-0.4, -0.2) is 47.2 Å². The molecule has 162 valence electrons. The van der Waals surface area contributed by atoms with Gasteiger partial charge in [0.2, 0.25) is 0 Å². The van der Waals surface area contributed by atoms with Gasteiger partial charge in [-0.25, -0.2) is 0 Å². The van der Waals surface area contributed by atoms with E-state index in [0.29, 0.717) is 34.4 Å². The van der Waals surface area contributed by atoms with Crippen LogP contribution in [0.5, 0.6) is 0 Å². The Hall–Kier alpha value is -1.93. The summed E-state index contributed by atoms with van der Waals surface area (Å²) in [6, 6.07) is 27.1. The molecule has 1 aliphatic heterocycles. The predicted molar refractivity (Wildman–Crippen MR) is 124 cm³/mol. The highest BCUT2D eigenvalue weighted by Crippen LogP contribution is 2.24. The van der Waals surface area contributed by atoms with Crippen LogP contribution in [0.3, 0.4) is 0 Å². The summed E-state index contributed by atoms with van der Waals surface area (Å²) in [5.41, 5.74) is 0. The van der Waals surface area contributed by atoms with E-state index >= 15 is 0 Å². The fourth-order valence-corrected chi connectivity index (χ4v) is 13.6. The lowest BCUT2D eigenvalue weighted by Gasteiger charge is -2.39. The SMILES string of the molecule is O[Si]1(c2ccccc2)CCCCO[Si](O)(c2ccccc2)O[Si](O)(c2ccccc2)O1. The molecule has 0 aliphatic carbocycles. The molecule has 0 radical (unpaired) electrons. The van der Waals surface area contributed by atoms with E-state index in [1.54, 1.807) is 48.5 Å². The van der Waals surface area contributed by atoms with Crippen molar-refractivity contribution < 1.29 is 27.0 Å². The molecule has 6 nitrogen and oxygen atoms in total. The van der Waals surface area contributed by atoms with Crippen molar-refractivity contribution in [3.63, 3.8) is 0 Å². The van der Waals surface area contributed by atoms with Crippen molar-refractivity contribution in [2.45, 2.75) is 18.9 Å². The van der Waals surface area contributed by atoms with Crippen molar-refractivity contribution in [2.75, 3.05) is 6.61 Å². The quantitative estimate of drug-likeness (QED) is 0.492.